The molecule has 1 aromatic rings. The number of halogens is 1. The van der Waals surface area contributed by atoms with Gasteiger partial charge in [0.05, 0.1) is 12.2 Å². The first-order valence-electron chi connectivity index (χ1n) is 13.3. The van der Waals surface area contributed by atoms with E-state index in [-0.39, 0.29) is 23.3 Å². The Labute approximate surface area is 220 Å². The monoisotopic (exact) mass is 569 g/mol. The summed E-state index contributed by atoms with van der Waals surface area (Å²) in [5, 5.41) is 3.35. The minimum atomic E-state index is -1.16. The zero-order valence-electron chi connectivity index (χ0n) is 22.0. The highest BCUT2D eigenvalue weighted by atomic mass is 79.9. The van der Waals surface area contributed by atoms with E-state index in [1.54, 1.807) is 6.20 Å². The number of hydrogen-bond donors (Lipinski definition) is 1. The summed E-state index contributed by atoms with van der Waals surface area (Å²) in [5.41, 5.74) is 0.142. The van der Waals surface area contributed by atoms with Crippen LogP contribution in [0.3, 0.4) is 0 Å². The highest BCUT2D eigenvalue weighted by Gasteiger charge is 2.58. The number of ketones is 1. The van der Waals surface area contributed by atoms with Crippen molar-refractivity contribution in [2.45, 2.75) is 103 Å². The molecule has 2 atom stereocenters. The molecule has 1 N–H and O–H groups in total. The van der Waals surface area contributed by atoms with Gasteiger partial charge in [-0.15, -0.1) is 0 Å². The fourth-order valence-corrected chi connectivity index (χ4v) is 6.06. The van der Waals surface area contributed by atoms with Gasteiger partial charge in [0.2, 0.25) is 5.91 Å². The van der Waals surface area contributed by atoms with E-state index in [4.69, 9.17) is 9.47 Å². The molecule has 0 bridgehead atoms. The van der Waals surface area contributed by atoms with Crippen LogP contribution in [-0.2, 0) is 25.8 Å². The number of amides is 1. The van der Waals surface area contributed by atoms with Gasteiger partial charge >= 0.3 is 0 Å². The van der Waals surface area contributed by atoms with Crippen LogP contribution in [0, 0.1) is 11.3 Å². The second-order valence-electron chi connectivity index (χ2n) is 11.5. The Balaban J connectivity index is 1.63. The zero-order valence-corrected chi connectivity index (χ0v) is 24.6. The molecule has 1 aliphatic carbocycles. The first-order valence-corrected chi connectivity index (χ1v) is 17.8. The van der Waals surface area contributed by atoms with Crippen LogP contribution >= 0.6 is 15.9 Å². The highest BCUT2D eigenvalue weighted by molar-refractivity contribution is 9.10. The summed E-state index contributed by atoms with van der Waals surface area (Å²) < 4.78 is 14.4. The van der Waals surface area contributed by atoms with E-state index in [1.165, 1.54) is 0 Å². The molecule has 2 fully saturated rings. The molecule has 1 amide bonds. The van der Waals surface area contributed by atoms with Gasteiger partial charge in [-0.2, -0.15) is 0 Å². The number of rotatable bonds is 15. The van der Waals surface area contributed by atoms with Gasteiger partial charge in [0.25, 0.3) is 0 Å². The second kappa shape index (κ2) is 13.0. The molecule has 198 valence electrons. The van der Waals surface area contributed by atoms with Crippen molar-refractivity contribution in [3.05, 3.63) is 16.6 Å². The lowest BCUT2D eigenvalue weighted by Gasteiger charge is -2.24. The van der Waals surface area contributed by atoms with Crippen LogP contribution in [0.15, 0.2) is 10.8 Å². The second-order valence-corrected chi connectivity index (χ2v) is 17.9. The number of ether oxygens (including phenoxy) is 2. The third-order valence-electron chi connectivity index (χ3n) is 7.52. The molecule has 1 unspecified atom stereocenters. The molecule has 1 aliphatic heterocycles. The summed E-state index contributed by atoms with van der Waals surface area (Å²) in [6.45, 7) is 11.6. The van der Waals surface area contributed by atoms with E-state index in [2.05, 4.69) is 45.9 Å². The molecule has 1 spiro atoms. The Hall–Kier alpha value is -1.03. The molecule has 9 heteroatoms. The highest BCUT2D eigenvalue weighted by Crippen LogP contribution is 2.59. The van der Waals surface area contributed by atoms with Crippen LogP contribution in [0.4, 0.5) is 0 Å². The minimum Gasteiger partial charge on any atom is -0.381 e. The lowest BCUT2D eigenvalue weighted by Crippen LogP contribution is -2.34. The molecule has 1 aromatic heterocycles. The maximum absolute atomic E-state index is 13.3. The molecule has 2 aliphatic rings. The number of carbonyl (C=O) groups is 2. The Bertz CT molecular complexity index is 848. The predicted octanol–water partition coefficient (Wildman–Crippen LogP) is 5.86. The molecule has 0 aromatic carbocycles. The smallest absolute Gasteiger partial charge is 0.224 e. The predicted molar refractivity (Wildman–Crippen MR) is 144 cm³/mol. The molecule has 3 rings (SSSR count). The van der Waals surface area contributed by atoms with E-state index in [0.717, 1.165) is 81.2 Å². The van der Waals surface area contributed by atoms with E-state index in [9.17, 15) is 9.59 Å². The molecule has 7 nitrogen and oxygen atoms in total. The van der Waals surface area contributed by atoms with Gasteiger partial charge < -0.3 is 14.8 Å². The fourth-order valence-electron chi connectivity index (χ4n) is 4.92. The van der Waals surface area contributed by atoms with E-state index < -0.39 is 8.07 Å². The SMILES string of the molecule is CCC(=O)CCCCC[C@H](NC(=O)C1CC12CCOCC2)c1ncc(Br)n1COCC[Si](C)(C)C. The number of nitrogens with zero attached hydrogens (tertiary/aromatic N) is 2. The Morgan fingerprint density at radius 3 is 2.71 bits per heavy atom. The third-order valence-corrected chi connectivity index (χ3v) is 9.86. The number of unbranched alkanes of at least 4 members (excludes halogenated alkanes) is 2. The molecule has 2 heterocycles. The van der Waals surface area contributed by atoms with E-state index >= 15 is 0 Å². The normalized spacial score (nSPS) is 20.1. The Kier molecular flexibility index (Phi) is 10.6. The van der Waals surface area contributed by atoms with Gasteiger partial charge in [0, 0.05) is 46.7 Å². The van der Waals surface area contributed by atoms with Crippen molar-refractivity contribution >= 4 is 35.7 Å². The largest absolute Gasteiger partial charge is 0.381 e. The van der Waals surface area contributed by atoms with E-state index in [0.29, 0.717) is 25.4 Å². The van der Waals surface area contributed by atoms with Crippen molar-refractivity contribution in [1.82, 2.24) is 14.9 Å². The summed E-state index contributed by atoms with van der Waals surface area (Å²) in [6, 6.07) is 0.937. The van der Waals surface area contributed by atoms with Gasteiger partial charge in [-0.05, 0) is 59.5 Å². The zero-order chi connectivity index (χ0) is 25.5. The molecular formula is C26H44BrN3O4Si. The van der Waals surface area contributed by atoms with Crippen LogP contribution in [0.5, 0.6) is 0 Å². The number of aromatic nitrogens is 2. The molecule has 0 radical (unpaired) electrons. The first kappa shape index (κ1) is 28.5. The molecule has 1 saturated heterocycles. The Morgan fingerprint density at radius 1 is 1.29 bits per heavy atom. The summed E-state index contributed by atoms with van der Waals surface area (Å²) in [7, 11) is -1.16. The van der Waals surface area contributed by atoms with E-state index in [1.807, 2.05) is 11.5 Å². The first-order chi connectivity index (χ1) is 16.6. The summed E-state index contributed by atoms with van der Waals surface area (Å²) in [6.07, 6.45) is 9.58. The maximum Gasteiger partial charge on any atom is 0.224 e. The Morgan fingerprint density at radius 2 is 2.03 bits per heavy atom. The number of Topliss-reactive ketones (excluding diaryl/α,β-unsaturated/α-hetero) is 1. The van der Waals surface area contributed by atoms with Crippen LogP contribution in [0.1, 0.15) is 76.6 Å². The van der Waals surface area contributed by atoms with Crippen molar-refractivity contribution in [2.24, 2.45) is 11.3 Å². The topological polar surface area (TPSA) is 82.5 Å². The number of imidazole rings is 1. The van der Waals surface area contributed by atoms with Gasteiger partial charge in [-0.3, -0.25) is 14.2 Å². The summed E-state index contributed by atoms with van der Waals surface area (Å²) >= 11 is 3.62. The quantitative estimate of drug-likeness (QED) is 0.211. The third kappa shape index (κ3) is 8.51. The van der Waals surface area contributed by atoms with Crippen molar-refractivity contribution in [3.63, 3.8) is 0 Å². The van der Waals surface area contributed by atoms with Crippen LogP contribution in [-0.4, -0.2) is 49.1 Å². The summed E-state index contributed by atoms with van der Waals surface area (Å²) in [5.74, 6) is 1.38. The van der Waals surface area contributed by atoms with Gasteiger partial charge in [0.1, 0.15) is 22.9 Å². The van der Waals surface area contributed by atoms with Gasteiger partial charge in [0.15, 0.2) is 0 Å². The maximum atomic E-state index is 13.3. The van der Waals surface area contributed by atoms with Crippen molar-refractivity contribution in [3.8, 4) is 0 Å². The van der Waals surface area contributed by atoms with Crippen molar-refractivity contribution in [2.75, 3.05) is 19.8 Å². The lowest BCUT2D eigenvalue weighted by molar-refractivity contribution is -0.124. The van der Waals surface area contributed by atoms with Crippen molar-refractivity contribution in [1.29, 1.82) is 0 Å². The average Bonchev–Trinajstić information content (AvgIpc) is 3.38. The van der Waals surface area contributed by atoms with Gasteiger partial charge in [-0.25, -0.2) is 4.98 Å². The van der Waals surface area contributed by atoms with Crippen molar-refractivity contribution < 1.29 is 19.1 Å². The standard InChI is InChI=1S/C26H44BrN3O4Si/c1-5-20(31)9-7-6-8-10-22(29-25(32)21-17-26(21)11-13-33-14-12-26)24-28-18-23(27)30(24)19-34-15-16-35(2,3)4/h18,21-22H,5-17,19H2,1-4H3,(H,29,32)/t21?,22-/m0/s1. The number of nitrogens with one attached hydrogen (secondary N) is 1. The molecule has 1 saturated carbocycles. The number of carbonyl (C=O) groups excluding carboxylic acids is 2. The van der Waals surface area contributed by atoms with Crippen LogP contribution < -0.4 is 5.32 Å². The minimum absolute atomic E-state index is 0.0796. The van der Waals surface area contributed by atoms with Crippen LogP contribution in [0.25, 0.3) is 0 Å². The molecule has 35 heavy (non-hydrogen) atoms. The number of hydrogen-bond acceptors (Lipinski definition) is 5. The average molecular weight is 571 g/mol. The lowest BCUT2D eigenvalue weighted by atomic mass is 9.93. The summed E-state index contributed by atoms with van der Waals surface area (Å²) in [4.78, 5) is 29.6. The fraction of sp³-hybridized carbons (Fsp3) is 0.808. The van der Waals surface area contributed by atoms with Crippen LogP contribution in [0.2, 0.25) is 25.7 Å². The van der Waals surface area contributed by atoms with Gasteiger partial charge in [-0.1, -0.05) is 39.4 Å². The molecular weight excluding hydrogens is 526 g/mol.